The van der Waals surface area contributed by atoms with E-state index in [1.807, 2.05) is 42.3 Å². The second kappa shape index (κ2) is 8.17. The van der Waals surface area contributed by atoms with Crippen LogP contribution in [0.2, 0.25) is 0 Å². The normalized spacial score (nSPS) is 15.1. The third-order valence-corrected chi connectivity index (χ3v) is 4.91. The van der Waals surface area contributed by atoms with E-state index in [-0.39, 0.29) is 17.6 Å². The van der Waals surface area contributed by atoms with Crippen LogP contribution in [-0.4, -0.2) is 46.6 Å². The van der Waals surface area contributed by atoms with Crippen LogP contribution in [0.15, 0.2) is 36.7 Å². The number of ketones is 1. The van der Waals surface area contributed by atoms with Crippen molar-refractivity contribution < 1.29 is 14.3 Å². The smallest absolute Gasteiger partial charge is 0.224 e. The van der Waals surface area contributed by atoms with Crippen LogP contribution in [0.1, 0.15) is 35.2 Å². The molecule has 1 aliphatic heterocycles. The van der Waals surface area contributed by atoms with Gasteiger partial charge in [0.2, 0.25) is 5.91 Å². The molecule has 26 heavy (non-hydrogen) atoms. The fourth-order valence-electron chi connectivity index (χ4n) is 3.34. The van der Waals surface area contributed by atoms with E-state index >= 15 is 0 Å². The first-order valence-corrected chi connectivity index (χ1v) is 9.02. The number of carbonyl (C=O) groups is 2. The summed E-state index contributed by atoms with van der Waals surface area (Å²) in [6.07, 6.45) is 5.61. The molecule has 1 amide bonds. The Labute approximate surface area is 153 Å². The van der Waals surface area contributed by atoms with Gasteiger partial charge in [-0.2, -0.15) is 5.10 Å². The highest BCUT2D eigenvalue weighted by Crippen LogP contribution is 2.23. The van der Waals surface area contributed by atoms with Crippen LogP contribution >= 0.6 is 0 Å². The first kappa shape index (κ1) is 18.2. The number of hydrogen-bond donors (Lipinski definition) is 0. The van der Waals surface area contributed by atoms with E-state index in [9.17, 15) is 9.59 Å². The molecule has 1 saturated heterocycles. The van der Waals surface area contributed by atoms with E-state index in [0.29, 0.717) is 31.6 Å². The van der Waals surface area contributed by atoms with Crippen LogP contribution < -0.4 is 4.74 Å². The van der Waals surface area contributed by atoms with Gasteiger partial charge in [0.25, 0.3) is 0 Å². The van der Waals surface area contributed by atoms with Crippen molar-refractivity contribution in [3.63, 3.8) is 0 Å². The number of Topliss-reactive ketones (excluding diaryl/α,β-unsaturated/α-hetero) is 1. The maximum absolute atomic E-state index is 12.6. The molecule has 1 aromatic heterocycles. The van der Waals surface area contributed by atoms with E-state index in [0.717, 1.165) is 24.2 Å². The Kier molecular flexibility index (Phi) is 5.71. The molecule has 0 bridgehead atoms. The lowest BCUT2D eigenvalue weighted by Gasteiger charge is -2.31. The molecule has 0 N–H and O–H groups in total. The highest BCUT2D eigenvalue weighted by atomic mass is 16.5. The molecule has 0 atom stereocenters. The summed E-state index contributed by atoms with van der Waals surface area (Å²) in [4.78, 5) is 26.9. The maximum atomic E-state index is 12.6. The predicted molar refractivity (Wildman–Crippen MR) is 98.2 cm³/mol. The Morgan fingerprint density at radius 3 is 2.46 bits per heavy atom. The topological polar surface area (TPSA) is 64.4 Å². The summed E-state index contributed by atoms with van der Waals surface area (Å²) < 4.78 is 6.93. The van der Waals surface area contributed by atoms with E-state index < -0.39 is 0 Å². The van der Waals surface area contributed by atoms with Crippen molar-refractivity contribution in [3.05, 3.63) is 47.8 Å². The van der Waals surface area contributed by atoms with E-state index in [1.54, 1.807) is 18.0 Å². The highest BCUT2D eigenvalue weighted by Gasteiger charge is 2.27. The molecule has 1 aliphatic rings. The van der Waals surface area contributed by atoms with Crippen LogP contribution in [0.3, 0.4) is 0 Å². The Balaban J connectivity index is 1.48. The van der Waals surface area contributed by atoms with Gasteiger partial charge in [0.05, 0.1) is 13.3 Å². The van der Waals surface area contributed by atoms with Gasteiger partial charge in [-0.05, 0) is 49.6 Å². The zero-order valence-electron chi connectivity index (χ0n) is 15.4. The summed E-state index contributed by atoms with van der Waals surface area (Å²) in [5.74, 6) is 1.02. The molecule has 0 unspecified atom stereocenters. The third kappa shape index (κ3) is 4.31. The van der Waals surface area contributed by atoms with Crippen LogP contribution in [0.5, 0.6) is 5.75 Å². The molecule has 138 valence electrons. The van der Waals surface area contributed by atoms with Crippen LogP contribution in [-0.2, 0) is 11.3 Å². The number of likely N-dealkylation sites (tertiary alicyclic amines) is 1. The number of benzene rings is 1. The van der Waals surface area contributed by atoms with Gasteiger partial charge in [0.1, 0.15) is 5.75 Å². The molecule has 0 saturated carbocycles. The standard InChI is InChI=1S/C20H25N3O3/c1-15-13-21-23(14-15)12-9-19(24)22-10-7-17(8-11-22)20(25)16-3-5-18(26-2)6-4-16/h3-6,13-14,17H,7-12H2,1-2H3. The molecule has 6 nitrogen and oxygen atoms in total. The zero-order valence-corrected chi connectivity index (χ0v) is 15.4. The van der Waals surface area contributed by atoms with Crippen LogP contribution in [0, 0.1) is 12.8 Å². The molecular formula is C20H25N3O3. The van der Waals surface area contributed by atoms with Gasteiger partial charge in [-0.15, -0.1) is 0 Å². The van der Waals surface area contributed by atoms with E-state index in [2.05, 4.69) is 5.10 Å². The number of piperidine rings is 1. The first-order valence-electron chi connectivity index (χ1n) is 9.02. The molecule has 3 rings (SSSR count). The van der Waals surface area contributed by atoms with E-state index in [4.69, 9.17) is 4.74 Å². The maximum Gasteiger partial charge on any atom is 0.224 e. The summed E-state index contributed by atoms with van der Waals surface area (Å²) in [5.41, 5.74) is 1.81. The summed E-state index contributed by atoms with van der Waals surface area (Å²) >= 11 is 0. The molecule has 2 heterocycles. The number of ether oxygens (including phenoxy) is 1. The SMILES string of the molecule is COc1ccc(C(=O)C2CCN(C(=O)CCn3cc(C)cn3)CC2)cc1. The van der Waals surface area contributed by atoms with Crippen LogP contribution in [0.25, 0.3) is 0 Å². The number of carbonyl (C=O) groups excluding carboxylic acids is 2. The number of rotatable bonds is 6. The summed E-state index contributed by atoms with van der Waals surface area (Å²) in [6.45, 7) is 3.86. The number of amides is 1. The van der Waals surface area contributed by atoms with Crippen molar-refractivity contribution in [2.45, 2.75) is 32.7 Å². The Hall–Kier alpha value is -2.63. The van der Waals surface area contributed by atoms with Gasteiger partial charge in [-0.25, -0.2) is 0 Å². The number of nitrogens with zero attached hydrogens (tertiary/aromatic N) is 3. The first-order chi connectivity index (χ1) is 12.6. The highest BCUT2D eigenvalue weighted by molar-refractivity contribution is 5.98. The minimum Gasteiger partial charge on any atom is -0.497 e. The monoisotopic (exact) mass is 355 g/mol. The fourth-order valence-corrected chi connectivity index (χ4v) is 3.34. The van der Waals surface area contributed by atoms with Crippen LogP contribution in [0.4, 0.5) is 0 Å². The Bertz CT molecular complexity index is 759. The molecular weight excluding hydrogens is 330 g/mol. The number of aryl methyl sites for hydroxylation is 2. The Morgan fingerprint density at radius 2 is 1.88 bits per heavy atom. The molecule has 0 aliphatic carbocycles. The zero-order chi connectivity index (χ0) is 18.5. The second-order valence-corrected chi connectivity index (χ2v) is 6.78. The summed E-state index contributed by atoms with van der Waals surface area (Å²) in [6, 6.07) is 7.24. The summed E-state index contributed by atoms with van der Waals surface area (Å²) in [5, 5.41) is 4.21. The lowest BCUT2D eigenvalue weighted by Crippen LogP contribution is -2.40. The summed E-state index contributed by atoms with van der Waals surface area (Å²) in [7, 11) is 1.61. The number of aromatic nitrogens is 2. The largest absolute Gasteiger partial charge is 0.497 e. The predicted octanol–water partition coefficient (Wildman–Crippen LogP) is 2.71. The van der Waals surface area contributed by atoms with Gasteiger partial charge < -0.3 is 9.64 Å². The lowest BCUT2D eigenvalue weighted by atomic mass is 9.89. The van der Waals surface area contributed by atoms with Gasteiger partial charge in [0.15, 0.2) is 5.78 Å². The minimum absolute atomic E-state index is 0.0128. The average Bonchev–Trinajstić information content (AvgIpc) is 3.11. The van der Waals surface area contributed by atoms with Crippen molar-refractivity contribution in [1.29, 1.82) is 0 Å². The van der Waals surface area contributed by atoms with Crippen molar-refractivity contribution in [1.82, 2.24) is 14.7 Å². The Morgan fingerprint density at radius 1 is 1.19 bits per heavy atom. The van der Waals surface area contributed by atoms with Gasteiger partial charge in [-0.3, -0.25) is 14.3 Å². The van der Waals surface area contributed by atoms with Crippen molar-refractivity contribution in [2.24, 2.45) is 5.92 Å². The molecule has 6 heteroatoms. The number of hydrogen-bond acceptors (Lipinski definition) is 4. The van der Waals surface area contributed by atoms with E-state index in [1.165, 1.54) is 0 Å². The van der Waals surface area contributed by atoms with Crippen molar-refractivity contribution in [3.8, 4) is 5.75 Å². The third-order valence-electron chi connectivity index (χ3n) is 4.91. The van der Waals surface area contributed by atoms with Gasteiger partial charge in [-0.1, -0.05) is 0 Å². The van der Waals surface area contributed by atoms with Gasteiger partial charge >= 0.3 is 0 Å². The van der Waals surface area contributed by atoms with Gasteiger partial charge in [0, 0.05) is 43.7 Å². The molecule has 0 radical (unpaired) electrons. The van der Waals surface area contributed by atoms with Crippen molar-refractivity contribution >= 4 is 11.7 Å². The second-order valence-electron chi connectivity index (χ2n) is 6.78. The lowest BCUT2D eigenvalue weighted by molar-refractivity contribution is -0.132. The minimum atomic E-state index is -0.0128. The fraction of sp³-hybridized carbons (Fsp3) is 0.450. The van der Waals surface area contributed by atoms with Crippen molar-refractivity contribution in [2.75, 3.05) is 20.2 Å². The average molecular weight is 355 g/mol. The molecule has 0 spiro atoms. The molecule has 1 aromatic carbocycles. The molecule has 1 fully saturated rings. The molecule has 2 aromatic rings. The number of methoxy groups -OCH3 is 1. The quantitative estimate of drug-likeness (QED) is 0.748.